The number of carbonyl (C=O) groups is 1. The summed E-state index contributed by atoms with van der Waals surface area (Å²) >= 11 is 0. The first-order valence-corrected chi connectivity index (χ1v) is 10.6. The molecule has 1 aliphatic heterocycles. The number of piperidine rings is 1. The highest BCUT2D eigenvalue weighted by Crippen LogP contribution is 2.36. The number of benzene rings is 2. The minimum atomic E-state index is -0.459. The molecular formula is C26H29N3O. The third-order valence-electron chi connectivity index (χ3n) is 6.32. The van der Waals surface area contributed by atoms with E-state index in [-0.39, 0.29) is 5.91 Å². The molecular weight excluding hydrogens is 370 g/mol. The molecule has 0 aliphatic carbocycles. The van der Waals surface area contributed by atoms with Crippen molar-refractivity contribution >= 4 is 5.91 Å². The minimum absolute atomic E-state index is 0.172. The lowest BCUT2D eigenvalue weighted by atomic mass is 9.73. The van der Waals surface area contributed by atoms with E-state index in [1.807, 2.05) is 12.3 Å². The zero-order chi connectivity index (χ0) is 21.0. The molecule has 4 rings (SSSR count). The molecule has 1 amide bonds. The first kappa shape index (κ1) is 20.3. The zero-order valence-electron chi connectivity index (χ0n) is 17.6. The number of nitrogens with two attached hydrogens (primary N) is 1. The van der Waals surface area contributed by atoms with Crippen LogP contribution in [0, 0.1) is 12.3 Å². The van der Waals surface area contributed by atoms with E-state index in [1.54, 1.807) is 6.20 Å². The van der Waals surface area contributed by atoms with Gasteiger partial charge in [0.25, 0.3) is 0 Å². The Hall–Kier alpha value is -2.98. The van der Waals surface area contributed by atoms with Crippen molar-refractivity contribution < 1.29 is 4.79 Å². The third-order valence-corrected chi connectivity index (χ3v) is 6.32. The predicted octanol–water partition coefficient (Wildman–Crippen LogP) is 4.37. The number of primary amides is 1. The van der Waals surface area contributed by atoms with Gasteiger partial charge in [0.05, 0.1) is 5.41 Å². The van der Waals surface area contributed by atoms with Crippen LogP contribution in [0.5, 0.6) is 0 Å². The maximum Gasteiger partial charge on any atom is 0.224 e. The Kier molecular flexibility index (Phi) is 5.96. The van der Waals surface area contributed by atoms with E-state index in [2.05, 4.69) is 71.4 Å². The largest absolute Gasteiger partial charge is 0.369 e. The molecule has 0 spiro atoms. The van der Waals surface area contributed by atoms with Gasteiger partial charge in [-0.25, -0.2) is 0 Å². The number of amides is 1. The second kappa shape index (κ2) is 8.80. The Labute approximate surface area is 178 Å². The smallest absolute Gasteiger partial charge is 0.224 e. The van der Waals surface area contributed by atoms with Gasteiger partial charge in [0, 0.05) is 18.9 Å². The van der Waals surface area contributed by atoms with Crippen LogP contribution in [-0.4, -0.2) is 28.9 Å². The number of aryl methyl sites for hydroxylation is 1. The first-order chi connectivity index (χ1) is 14.5. The SMILES string of the molecule is Cc1cccc(CN2CCC(Cc3ccc(-c4cccnc4)cc3)(C(N)=O)CC2)c1. The predicted molar refractivity (Wildman–Crippen MR) is 121 cm³/mol. The van der Waals surface area contributed by atoms with Crippen LogP contribution in [0.1, 0.15) is 29.5 Å². The van der Waals surface area contributed by atoms with Gasteiger partial charge in [-0.3, -0.25) is 14.7 Å². The van der Waals surface area contributed by atoms with E-state index in [0.29, 0.717) is 6.42 Å². The normalized spacial score (nSPS) is 16.3. The molecule has 0 atom stereocenters. The highest BCUT2D eigenvalue weighted by molar-refractivity contribution is 5.81. The topological polar surface area (TPSA) is 59.2 Å². The molecule has 1 fully saturated rings. The molecule has 0 unspecified atom stereocenters. The Bertz CT molecular complexity index is 990. The molecule has 0 radical (unpaired) electrons. The number of hydrogen-bond donors (Lipinski definition) is 1. The van der Waals surface area contributed by atoms with Gasteiger partial charge in [-0.1, -0.05) is 60.2 Å². The molecule has 0 bridgehead atoms. The van der Waals surface area contributed by atoms with Crippen LogP contribution >= 0.6 is 0 Å². The fraction of sp³-hybridized carbons (Fsp3) is 0.308. The van der Waals surface area contributed by atoms with E-state index < -0.39 is 5.41 Å². The maximum atomic E-state index is 12.5. The van der Waals surface area contributed by atoms with Crippen LogP contribution in [0.2, 0.25) is 0 Å². The molecule has 1 saturated heterocycles. The van der Waals surface area contributed by atoms with Gasteiger partial charge in [-0.15, -0.1) is 0 Å². The van der Waals surface area contributed by atoms with Crippen LogP contribution < -0.4 is 5.73 Å². The Morgan fingerprint density at radius 3 is 2.40 bits per heavy atom. The van der Waals surface area contributed by atoms with Crippen LogP contribution in [0.25, 0.3) is 11.1 Å². The van der Waals surface area contributed by atoms with Gasteiger partial charge in [-0.05, 0) is 67.6 Å². The average molecular weight is 400 g/mol. The number of aromatic nitrogens is 1. The lowest BCUT2D eigenvalue weighted by Crippen LogP contribution is -2.48. The molecule has 1 aliphatic rings. The standard InChI is InChI=1S/C26H29N3O/c1-20-4-2-5-22(16-20)19-29-14-11-26(12-15-29,25(27)30)17-21-7-9-23(10-8-21)24-6-3-13-28-18-24/h2-10,13,16,18H,11-12,14-15,17,19H2,1H3,(H2,27,30). The van der Waals surface area contributed by atoms with Crippen LogP contribution in [0.15, 0.2) is 73.1 Å². The van der Waals surface area contributed by atoms with E-state index in [0.717, 1.165) is 49.2 Å². The van der Waals surface area contributed by atoms with Crippen molar-refractivity contribution in [1.29, 1.82) is 0 Å². The number of rotatable bonds is 6. The van der Waals surface area contributed by atoms with Crippen molar-refractivity contribution in [1.82, 2.24) is 9.88 Å². The van der Waals surface area contributed by atoms with Gasteiger partial charge >= 0.3 is 0 Å². The molecule has 4 heteroatoms. The second-order valence-electron chi connectivity index (χ2n) is 8.53. The zero-order valence-corrected chi connectivity index (χ0v) is 17.6. The summed E-state index contributed by atoms with van der Waals surface area (Å²) in [5, 5.41) is 0. The van der Waals surface area contributed by atoms with Crippen LogP contribution in [0.4, 0.5) is 0 Å². The number of pyridine rings is 1. The molecule has 4 nitrogen and oxygen atoms in total. The van der Waals surface area contributed by atoms with Gasteiger partial charge in [0.1, 0.15) is 0 Å². The number of hydrogen-bond acceptors (Lipinski definition) is 3. The van der Waals surface area contributed by atoms with Gasteiger partial charge < -0.3 is 5.73 Å². The van der Waals surface area contributed by atoms with E-state index in [9.17, 15) is 4.79 Å². The minimum Gasteiger partial charge on any atom is -0.369 e. The van der Waals surface area contributed by atoms with E-state index in [4.69, 9.17) is 5.73 Å². The maximum absolute atomic E-state index is 12.5. The molecule has 2 N–H and O–H groups in total. The average Bonchev–Trinajstić information content (AvgIpc) is 2.76. The molecule has 2 heterocycles. The number of likely N-dealkylation sites (tertiary alicyclic amines) is 1. The quantitative estimate of drug-likeness (QED) is 0.670. The summed E-state index contributed by atoms with van der Waals surface area (Å²) in [5.74, 6) is -0.172. The Morgan fingerprint density at radius 2 is 1.77 bits per heavy atom. The van der Waals surface area contributed by atoms with E-state index in [1.165, 1.54) is 11.1 Å². The summed E-state index contributed by atoms with van der Waals surface area (Å²) in [6, 6.07) is 21.1. The highest BCUT2D eigenvalue weighted by atomic mass is 16.1. The fourth-order valence-electron chi connectivity index (χ4n) is 4.46. The van der Waals surface area contributed by atoms with Crippen molar-refractivity contribution in [3.63, 3.8) is 0 Å². The molecule has 1 aromatic heterocycles. The fourth-order valence-corrected chi connectivity index (χ4v) is 4.46. The van der Waals surface area contributed by atoms with Crippen molar-refractivity contribution in [2.75, 3.05) is 13.1 Å². The number of nitrogens with zero attached hydrogens (tertiary/aromatic N) is 2. The van der Waals surface area contributed by atoms with Gasteiger partial charge in [0.2, 0.25) is 5.91 Å². The van der Waals surface area contributed by atoms with Crippen molar-refractivity contribution in [2.45, 2.75) is 32.7 Å². The summed E-state index contributed by atoms with van der Waals surface area (Å²) < 4.78 is 0. The Morgan fingerprint density at radius 1 is 1.00 bits per heavy atom. The summed E-state index contributed by atoms with van der Waals surface area (Å²) in [4.78, 5) is 19.1. The number of carbonyl (C=O) groups excluding carboxylic acids is 1. The molecule has 0 saturated carbocycles. The van der Waals surface area contributed by atoms with E-state index >= 15 is 0 Å². The Balaban J connectivity index is 1.42. The summed E-state index contributed by atoms with van der Waals surface area (Å²) in [6.45, 7) is 4.84. The molecule has 2 aromatic carbocycles. The second-order valence-corrected chi connectivity index (χ2v) is 8.53. The summed E-state index contributed by atoms with van der Waals surface area (Å²) in [5.41, 5.74) is 11.5. The molecule has 154 valence electrons. The third kappa shape index (κ3) is 4.60. The van der Waals surface area contributed by atoms with Crippen molar-refractivity contribution in [3.05, 3.63) is 89.7 Å². The highest BCUT2D eigenvalue weighted by Gasteiger charge is 2.39. The van der Waals surface area contributed by atoms with Crippen molar-refractivity contribution in [2.24, 2.45) is 11.1 Å². The van der Waals surface area contributed by atoms with Crippen LogP contribution in [-0.2, 0) is 17.8 Å². The van der Waals surface area contributed by atoms with Crippen molar-refractivity contribution in [3.8, 4) is 11.1 Å². The first-order valence-electron chi connectivity index (χ1n) is 10.6. The molecule has 3 aromatic rings. The van der Waals surface area contributed by atoms with Gasteiger partial charge in [-0.2, -0.15) is 0 Å². The summed E-state index contributed by atoms with van der Waals surface area (Å²) in [7, 11) is 0. The van der Waals surface area contributed by atoms with Gasteiger partial charge in [0.15, 0.2) is 0 Å². The lowest BCUT2D eigenvalue weighted by Gasteiger charge is -2.40. The molecule has 30 heavy (non-hydrogen) atoms. The monoisotopic (exact) mass is 399 g/mol. The summed E-state index contributed by atoms with van der Waals surface area (Å²) in [6.07, 6.45) is 5.95. The lowest BCUT2D eigenvalue weighted by molar-refractivity contribution is -0.130. The van der Waals surface area contributed by atoms with Crippen LogP contribution in [0.3, 0.4) is 0 Å².